The van der Waals surface area contributed by atoms with Gasteiger partial charge in [0.25, 0.3) is 0 Å². The minimum Gasteiger partial charge on any atom is -0.361 e. The first-order valence-corrected chi connectivity index (χ1v) is 8.49. The summed E-state index contributed by atoms with van der Waals surface area (Å²) in [6, 6.07) is 4.69. The molecule has 2 aromatic heterocycles. The SMILES string of the molecule is CCc1nc(CC(=O)NCCc2c[nH]c3cc(F)ccc23)cs1. The van der Waals surface area contributed by atoms with E-state index in [4.69, 9.17) is 0 Å². The van der Waals surface area contributed by atoms with E-state index in [9.17, 15) is 9.18 Å². The average Bonchev–Trinajstić information content (AvgIpc) is 3.14. The molecule has 3 aromatic rings. The van der Waals surface area contributed by atoms with Crippen molar-refractivity contribution in [1.82, 2.24) is 15.3 Å². The van der Waals surface area contributed by atoms with Crippen molar-refractivity contribution >= 4 is 28.1 Å². The van der Waals surface area contributed by atoms with Crippen LogP contribution in [0.2, 0.25) is 0 Å². The number of H-pyrrole nitrogens is 1. The summed E-state index contributed by atoms with van der Waals surface area (Å²) in [7, 11) is 0. The molecule has 120 valence electrons. The number of aryl methyl sites for hydroxylation is 1. The first-order valence-electron chi connectivity index (χ1n) is 7.61. The van der Waals surface area contributed by atoms with Crippen LogP contribution >= 0.6 is 11.3 Å². The predicted octanol–water partition coefficient (Wildman–Crippen LogP) is 3.23. The van der Waals surface area contributed by atoms with Gasteiger partial charge in [-0.1, -0.05) is 6.92 Å². The highest BCUT2D eigenvalue weighted by atomic mass is 32.1. The van der Waals surface area contributed by atoms with Gasteiger partial charge in [-0.05, 0) is 36.6 Å². The number of hydrogen-bond acceptors (Lipinski definition) is 3. The number of nitrogens with zero attached hydrogens (tertiary/aromatic N) is 1. The third-order valence-corrected chi connectivity index (χ3v) is 4.73. The summed E-state index contributed by atoms with van der Waals surface area (Å²) < 4.78 is 13.2. The van der Waals surface area contributed by atoms with Crippen LogP contribution < -0.4 is 5.32 Å². The topological polar surface area (TPSA) is 57.8 Å². The second-order valence-corrected chi connectivity index (χ2v) is 6.31. The van der Waals surface area contributed by atoms with Crippen molar-refractivity contribution in [3.8, 4) is 0 Å². The van der Waals surface area contributed by atoms with Crippen molar-refractivity contribution in [3.05, 3.63) is 51.9 Å². The molecule has 3 rings (SSSR count). The van der Waals surface area contributed by atoms with Crippen molar-refractivity contribution in [1.29, 1.82) is 0 Å². The fraction of sp³-hybridized carbons (Fsp3) is 0.294. The lowest BCUT2D eigenvalue weighted by atomic mass is 10.1. The number of rotatable bonds is 6. The second kappa shape index (κ2) is 6.91. The third-order valence-electron chi connectivity index (χ3n) is 3.69. The molecule has 0 atom stereocenters. The van der Waals surface area contributed by atoms with Gasteiger partial charge in [-0.25, -0.2) is 9.37 Å². The molecule has 0 unspecified atom stereocenters. The van der Waals surface area contributed by atoms with Crippen LogP contribution in [0.3, 0.4) is 0 Å². The van der Waals surface area contributed by atoms with Crippen molar-refractivity contribution < 1.29 is 9.18 Å². The summed E-state index contributed by atoms with van der Waals surface area (Å²) in [4.78, 5) is 19.4. The summed E-state index contributed by atoms with van der Waals surface area (Å²) >= 11 is 1.59. The molecule has 0 saturated carbocycles. The third kappa shape index (κ3) is 3.76. The van der Waals surface area contributed by atoms with Gasteiger partial charge in [-0.15, -0.1) is 11.3 Å². The van der Waals surface area contributed by atoms with Gasteiger partial charge in [0.15, 0.2) is 0 Å². The maximum absolute atomic E-state index is 13.2. The molecule has 2 N–H and O–H groups in total. The molecule has 1 aromatic carbocycles. The van der Waals surface area contributed by atoms with E-state index in [0.29, 0.717) is 19.4 Å². The summed E-state index contributed by atoms with van der Waals surface area (Å²) in [5.74, 6) is -0.280. The van der Waals surface area contributed by atoms with E-state index in [1.807, 2.05) is 11.6 Å². The average molecular weight is 331 g/mol. The van der Waals surface area contributed by atoms with Gasteiger partial charge in [-0.3, -0.25) is 4.79 Å². The minimum atomic E-state index is -0.256. The van der Waals surface area contributed by atoms with Crippen molar-refractivity contribution in [2.24, 2.45) is 0 Å². The maximum Gasteiger partial charge on any atom is 0.226 e. The first kappa shape index (κ1) is 15.7. The predicted molar refractivity (Wildman–Crippen MR) is 90.2 cm³/mol. The molecular formula is C17H18FN3OS. The van der Waals surface area contributed by atoms with Gasteiger partial charge in [0, 0.05) is 29.0 Å². The fourth-order valence-corrected chi connectivity index (χ4v) is 3.27. The molecule has 0 saturated heterocycles. The van der Waals surface area contributed by atoms with Crippen LogP contribution in [-0.4, -0.2) is 22.4 Å². The van der Waals surface area contributed by atoms with Gasteiger partial charge < -0.3 is 10.3 Å². The lowest BCUT2D eigenvalue weighted by molar-refractivity contribution is -0.120. The Morgan fingerprint density at radius 2 is 2.30 bits per heavy atom. The molecule has 0 aliphatic heterocycles. The number of amides is 1. The number of benzene rings is 1. The molecule has 4 nitrogen and oxygen atoms in total. The number of fused-ring (bicyclic) bond motifs is 1. The zero-order valence-corrected chi connectivity index (χ0v) is 13.7. The van der Waals surface area contributed by atoms with Gasteiger partial charge in [-0.2, -0.15) is 0 Å². The van der Waals surface area contributed by atoms with Crippen LogP contribution in [0.15, 0.2) is 29.8 Å². The summed E-state index contributed by atoms with van der Waals surface area (Å²) in [6.07, 6.45) is 3.78. The van der Waals surface area contributed by atoms with Crippen LogP contribution in [0, 0.1) is 5.82 Å². The fourth-order valence-electron chi connectivity index (χ4n) is 2.52. The molecule has 0 spiro atoms. The van der Waals surface area contributed by atoms with Gasteiger partial charge in [0.2, 0.25) is 5.91 Å². The lowest BCUT2D eigenvalue weighted by Gasteiger charge is -2.03. The zero-order chi connectivity index (χ0) is 16.2. The normalized spacial score (nSPS) is 11.0. The van der Waals surface area contributed by atoms with E-state index in [0.717, 1.165) is 33.6 Å². The van der Waals surface area contributed by atoms with E-state index < -0.39 is 0 Å². The number of hydrogen-bond donors (Lipinski definition) is 2. The van der Waals surface area contributed by atoms with Crippen LogP contribution in [0.1, 0.15) is 23.2 Å². The molecule has 6 heteroatoms. The van der Waals surface area contributed by atoms with E-state index in [1.54, 1.807) is 17.4 Å². The van der Waals surface area contributed by atoms with Crippen molar-refractivity contribution in [2.75, 3.05) is 6.54 Å². The smallest absolute Gasteiger partial charge is 0.226 e. The maximum atomic E-state index is 13.2. The summed E-state index contributed by atoms with van der Waals surface area (Å²) in [5.41, 5.74) is 2.68. The molecule has 0 bridgehead atoms. The van der Waals surface area contributed by atoms with E-state index in [-0.39, 0.29) is 11.7 Å². The Kier molecular flexibility index (Phi) is 4.71. The molecule has 0 aliphatic rings. The first-order chi connectivity index (χ1) is 11.2. The minimum absolute atomic E-state index is 0.0242. The lowest BCUT2D eigenvalue weighted by Crippen LogP contribution is -2.27. The number of thiazole rings is 1. The quantitative estimate of drug-likeness (QED) is 0.728. The number of halogens is 1. The molecule has 2 heterocycles. The monoisotopic (exact) mass is 331 g/mol. The van der Waals surface area contributed by atoms with Gasteiger partial charge >= 0.3 is 0 Å². The number of aromatic amines is 1. The van der Waals surface area contributed by atoms with E-state index in [1.165, 1.54) is 12.1 Å². The highest BCUT2D eigenvalue weighted by molar-refractivity contribution is 7.09. The Hall–Kier alpha value is -2.21. The second-order valence-electron chi connectivity index (χ2n) is 5.37. The van der Waals surface area contributed by atoms with Crippen molar-refractivity contribution in [3.63, 3.8) is 0 Å². The van der Waals surface area contributed by atoms with Crippen LogP contribution in [0.25, 0.3) is 10.9 Å². The number of nitrogens with one attached hydrogen (secondary N) is 2. The molecular weight excluding hydrogens is 313 g/mol. The number of carbonyl (C=O) groups is 1. The Balaban J connectivity index is 1.53. The highest BCUT2D eigenvalue weighted by Crippen LogP contribution is 2.19. The Morgan fingerprint density at radius 3 is 3.09 bits per heavy atom. The summed E-state index contributed by atoms with van der Waals surface area (Å²) in [6.45, 7) is 2.60. The molecule has 0 fully saturated rings. The molecule has 1 amide bonds. The number of carbonyl (C=O) groups excluding carboxylic acids is 1. The Labute approximate surface area is 137 Å². The van der Waals surface area contributed by atoms with Crippen LogP contribution in [0.4, 0.5) is 4.39 Å². The van der Waals surface area contributed by atoms with E-state index >= 15 is 0 Å². The van der Waals surface area contributed by atoms with Crippen molar-refractivity contribution in [2.45, 2.75) is 26.2 Å². The molecule has 23 heavy (non-hydrogen) atoms. The van der Waals surface area contributed by atoms with Gasteiger partial charge in [0.1, 0.15) is 5.82 Å². The summed E-state index contributed by atoms with van der Waals surface area (Å²) in [5, 5.41) is 6.90. The van der Waals surface area contributed by atoms with E-state index in [2.05, 4.69) is 22.2 Å². The Morgan fingerprint density at radius 1 is 1.43 bits per heavy atom. The zero-order valence-electron chi connectivity index (χ0n) is 12.9. The van der Waals surface area contributed by atoms with Crippen LogP contribution in [-0.2, 0) is 24.1 Å². The van der Waals surface area contributed by atoms with Crippen LogP contribution in [0.5, 0.6) is 0 Å². The molecule has 0 aliphatic carbocycles. The number of aromatic nitrogens is 2. The Bertz CT molecular complexity index is 824. The van der Waals surface area contributed by atoms with Gasteiger partial charge in [0.05, 0.1) is 17.1 Å². The molecule has 0 radical (unpaired) electrons. The standard InChI is InChI=1S/C17H18FN3OS/c1-2-17-21-13(10-23-17)8-16(22)19-6-5-11-9-20-15-7-12(18)3-4-14(11)15/h3-4,7,9-10,20H,2,5-6,8H2,1H3,(H,19,22). The largest absolute Gasteiger partial charge is 0.361 e. The highest BCUT2D eigenvalue weighted by Gasteiger charge is 2.08.